The number of hydrogen-bond acceptors (Lipinski definition) is 3. The first-order valence-electron chi connectivity index (χ1n) is 18.1. The van der Waals surface area contributed by atoms with Crippen LogP contribution in [0.25, 0.3) is 78.3 Å². The summed E-state index contributed by atoms with van der Waals surface area (Å²) >= 11 is 0. The maximum absolute atomic E-state index is 5.04. The van der Waals surface area contributed by atoms with Crippen molar-refractivity contribution >= 4 is 10.8 Å². The maximum Gasteiger partial charge on any atom is 0.164 e. The molecule has 0 saturated carbocycles. The van der Waals surface area contributed by atoms with Gasteiger partial charge in [0.05, 0.1) is 5.41 Å². The lowest BCUT2D eigenvalue weighted by Gasteiger charge is -2.40. The van der Waals surface area contributed by atoms with Gasteiger partial charge in [-0.1, -0.05) is 182 Å². The van der Waals surface area contributed by atoms with Crippen LogP contribution in [0, 0.1) is 0 Å². The molecule has 0 atom stereocenters. The van der Waals surface area contributed by atoms with Crippen LogP contribution >= 0.6 is 0 Å². The van der Waals surface area contributed by atoms with Gasteiger partial charge in [-0.05, 0) is 72.5 Å². The lowest BCUT2D eigenvalue weighted by Crippen LogP contribution is -2.31. The predicted molar refractivity (Wildman–Crippen MR) is 215 cm³/mol. The van der Waals surface area contributed by atoms with E-state index in [9.17, 15) is 0 Å². The molecular formula is C50H31N3. The normalized spacial score (nSPS) is 13.1. The van der Waals surface area contributed by atoms with E-state index >= 15 is 0 Å². The van der Waals surface area contributed by atoms with Gasteiger partial charge in [-0.25, -0.2) is 15.0 Å². The topological polar surface area (TPSA) is 38.7 Å². The number of benzene rings is 8. The number of rotatable bonds is 4. The number of aromatic nitrogens is 3. The third-order valence-electron chi connectivity index (χ3n) is 11.1. The molecule has 1 heterocycles. The smallest absolute Gasteiger partial charge is 0.164 e. The first-order chi connectivity index (χ1) is 26.3. The summed E-state index contributed by atoms with van der Waals surface area (Å²) in [7, 11) is 0. The Balaban J connectivity index is 1.14. The molecule has 0 N–H and O–H groups in total. The zero-order chi connectivity index (χ0) is 34.9. The standard InChI is InChI=1S/C50H31N3/c1-3-15-32(16-4-1)47-51-48(33-17-5-2-6-18-33)53-49(52-47)35-20-13-19-34(31-35)36-29-30-41-39-23-9-12-27-44(39)50(45-28-14-24-40(36)46(41)45)42-25-10-7-21-37(42)38-22-8-11-26-43(38)50/h1-31H. The predicted octanol–water partition coefficient (Wildman–Crippen LogP) is 12.0. The first-order valence-corrected chi connectivity index (χ1v) is 18.1. The average Bonchev–Trinajstić information content (AvgIpc) is 3.54. The van der Waals surface area contributed by atoms with Crippen molar-refractivity contribution in [2.45, 2.75) is 5.41 Å². The van der Waals surface area contributed by atoms with Crippen LogP contribution < -0.4 is 0 Å². The third-order valence-corrected chi connectivity index (χ3v) is 11.1. The van der Waals surface area contributed by atoms with Gasteiger partial charge in [0.25, 0.3) is 0 Å². The van der Waals surface area contributed by atoms with Gasteiger partial charge in [0.15, 0.2) is 17.5 Å². The van der Waals surface area contributed by atoms with Crippen LogP contribution in [-0.2, 0) is 5.41 Å². The van der Waals surface area contributed by atoms with Gasteiger partial charge < -0.3 is 0 Å². The van der Waals surface area contributed by atoms with Crippen molar-refractivity contribution in [2.24, 2.45) is 0 Å². The molecule has 3 nitrogen and oxygen atoms in total. The number of hydrogen-bond donors (Lipinski definition) is 0. The van der Waals surface area contributed by atoms with Gasteiger partial charge >= 0.3 is 0 Å². The fraction of sp³-hybridized carbons (Fsp3) is 0.0200. The summed E-state index contributed by atoms with van der Waals surface area (Å²) in [5.74, 6) is 1.96. The molecule has 11 rings (SSSR count). The van der Waals surface area contributed by atoms with E-state index in [1.54, 1.807) is 0 Å². The third kappa shape index (κ3) is 4.31. The molecule has 1 aromatic heterocycles. The van der Waals surface area contributed by atoms with E-state index in [0.717, 1.165) is 22.3 Å². The van der Waals surface area contributed by atoms with E-state index in [2.05, 4.69) is 127 Å². The van der Waals surface area contributed by atoms with Crippen molar-refractivity contribution in [1.82, 2.24) is 15.0 Å². The van der Waals surface area contributed by atoms with Crippen LogP contribution in [0.5, 0.6) is 0 Å². The maximum atomic E-state index is 5.04. The highest BCUT2D eigenvalue weighted by molar-refractivity contribution is 6.11. The van der Waals surface area contributed by atoms with E-state index in [1.807, 2.05) is 60.7 Å². The van der Waals surface area contributed by atoms with Crippen molar-refractivity contribution in [1.29, 1.82) is 0 Å². The number of fused-ring (bicyclic) bond motifs is 9. The molecule has 246 valence electrons. The summed E-state index contributed by atoms with van der Waals surface area (Å²) < 4.78 is 0. The quantitative estimate of drug-likeness (QED) is 0.187. The van der Waals surface area contributed by atoms with Crippen LogP contribution in [0.15, 0.2) is 188 Å². The Morgan fingerprint density at radius 2 is 0.698 bits per heavy atom. The summed E-state index contributed by atoms with van der Waals surface area (Å²) in [5, 5.41) is 2.54. The van der Waals surface area contributed by atoms with Crippen molar-refractivity contribution in [2.75, 3.05) is 0 Å². The molecule has 0 amide bonds. The largest absolute Gasteiger partial charge is 0.208 e. The van der Waals surface area contributed by atoms with Gasteiger partial charge in [0.1, 0.15) is 0 Å². The molecule has 1 spiro atoms. The van der Waals surface area contributed by atoms with Gasteiger partial charge in [-0.15, -0.1) is 0 Å². The molecule has 0 fully saturated rings. The Hall–Kier alpha value is -6.97. The molecule has 53 heavy (non-hydrogen) atoms. The van der Waals surface area contributed by atoms with Crippen molar-refractivity contribution in [3.63, 3.8) is 0 Å². The summed E-state index contributed by atoms with van der Waals surface area (Å²) in [6.45, 7) is 0. The Morgan fingerprint density at radius 3 is 1.28 bits per heavy atom. The Kier molecular flexibility index (Phi) is 6.47. The zero-order valence-corrected chi connectivity index (χ0v) is 28.7. The van der Waals surface area contributed by atoms with Crippen molar-refractivity contribution in [3.05, 3.63) is 210 Å². The van der Waals surface area contributed by atoms with Crippen LogP contribution in [0.2, 0.25) is 0 Å². The van der Waals surface area contributed by atoms with E-state index in [-0.39, 0.29) is 0 Å². The minimum absolute atomic E-state index is 0.427. The summed E-state index contributed by atoms with van der Waals surface area (Å²) in [6, 6.07) is 67.5. The highest BCUT2D eigenvalue weighted by Crippen LogP contribution is 2.62. The summed E-state index contributed by atoms with van der Waals surface area (Å²) in [4.78, 5) is 15.0. The summed E-state index contributed by atoms with van der Waals surface area (Å²) in [6.07, 6.45) is 0. The molecule has 9 aromatic rings. The molecular weight excluding hydrogens is 643 g/mol. The highest BCUT2D eigenvalue weighted by atomic mass is 15.0. The van der Waals surface area contributed by atoms with Crippen LogP contribution in [-0.4, -0.2) is 15.0 Å². The molecule has 2 aliphatic carbocycles. The first kappa shape index (κ1) is 29.7. The average molecular weight is 674 g/mol. The molecule has 2 aliphatic rings. The van der Waals surface area contributed by atoms with Crippen LogP contribution in [0.4, 0.5) is 0 Å². The Morgan fingerprint density at radius 1 is 0.283 bits per heavy atom. The Labute approximate surface area is 308 Å². The second-order valence-electron chi connectivity index (χ2n) is 13.9. The van der Waals surface area contributed by atoms with Crippen molar-refractivity contribution in [3.8, 4) is 67.5 Å². The van der Waals surface area contributed by atoms with Crippen molar-refractivity contribution < 1.29 is 0 Å². The highest BCUT2D eigenvalue weighted by Gasteiger charge is 2.49. The zero-order valence-electron chi connectivity index (χ0n) is 28.7. The molecule has 8 aromatic carbocycles. The van der Waals surface area contributed by atoms with Gasteiger partial charge in [0.2, 0.25) is 0 Å². The monoisotopic (exact) mass is 673 g/mol. The van der Waals surface area contributed by atoms with E-state index < -0.39 is 5.41 Å². The van der Waals surface area contributed by atoms with Gasteiger partial charge in [-0.2, -0.15) is 0 Å². The molecule has 3 heteroatoms. The van der Waals surface area contributed by atoms with Gasteiger partial charge in [-0.3, -0.25) is 0 Å². The summed E-state index contributed by atoms with van der Waals surface area (Å²) in [5.41, 5.74) is 15.3. The van der Waals surface area contributed by atoms with Crippen LogP contribution in [0.3, 0.4) is 0 Å². The van der Waals surface area contributed by atoms with Crippen LogP contribution in [0.1, 0.15) is 22.3 Å². The fourth-order valence-electron chi connectivity index (χ4n) is 8.96. The molecule has 0 saturated heterocycles. The SMILES string of the molecule is c1ccc(-c2nc(-c3ccccc3)nc(-c3cccc(-c4ccc5c6c(cccc46)C4(c6ccccc6-c6ccccc64)c4ccccc4-5)c3)n2)cc1. The van der Waals surface area contributed by atoms with Gasteiger partial charge in [0, 0.05) is 16.7 Å². The molecule has 0 unspecified atom stereocenters. The van der Waals surface area contributed by atoms with E-state index in [0.29, 0.717) is 17.5 Å². The molecule has 0 aliphatic heterocycles. The molecule has 0 bridgehead atoms. The minimum atomic E-state index is -0.427. The molecule has 0 radical (unpaired) electrons. The lowest BCUT2D eigenvalue weighted by molar-refractivity contribution is 0.773. The second kappa shape index (κ2) is 11.5. The van der Waals surface area contributed by atoms with E-state index in [4.69, 9.17) is 15.0 Å². The fourth-order valence-corrected chi connectivity index (χ4v) is 8.96. The number of nitrogens with zero attached hydrogens (tertiary/aromatic N) is 3. The van der Waals surface area contributed by atoms with E-state index in [1.165, 1.54) is 60.8 Å². The Bertz CT molecular complexity index is 2790. The minimum Gasteiger partial charge on any atom is -0.208 e. The second-order valence-corrected chi connectivity index (χ2v) is 13.9. The lowest BCUT2D eigenvalue weighted by atomic mass is 9.61.